The molecule has 0 aromatic carbocycles. The Balaban J connectivity index is 3.52. The number of hydrazine groups is 2. The maximum atomic E-state index is 10.4. The van der Waals surface area contributed by atoms with Crippen LogP contribution in [0.5, 0.6) is 0 Å². The SMILES string of the molecule is CCN(NN)C(C)=O. The van der Waals surface area contributed by atoms with Gasteiger partial charge >= 0.3 is 0 Å². The molecule has 0 heterocycles. The minimum Gasteiger partial charge on any atom is -0.274 e. The molecular weight excluding hydrogens is 106 g/mol. The smallest absolute Gasteiger partial charge is 0.234 e. The maximum Gasteiger partial charge on any atom is 0.234 e. The molecular formula is C4H11N3O. The van der Waals surface area contributed by atoms with Crippen molar-refractivity contribution in [2.75, 3.05) is 6.54 Å². The van der Waals surface area contributed by atoms with E-state index in [2.05, 4.69) is 5.53 Å². The molecule has 0 bridgehead atoms. The van der Waals surface area contributed by atoms with E-state index in [1.165, 1.54) is 11.9 Å². The van der Waals surface area contributed by atoms with Crippen LogP contribution in [0.15, 0.2) is 0 Å². The second-order valence-corrected chi connectivity index (χ2v) is 1.39. The number of carbonyl (C=O) groups is 1. The number of nitrogens with one attached hydrogen (secondary N) is 1. The van der Waals surface area contributed by atoms with Crippen LogP contribution in [0, 0.1) is 0 Å². The summed E-state index contributed by atoms with van der Waals surface area (Å²) < 4.78 is 0. The maximum absolute atomic E-state index is 10.4. The standard InChI is InChI=1S/C4H11N3O/c1-3-7(6-5)4(2)8/h6H,3,5H2,1-2H3. The first kappa shape index (κ1) is 7.39. The summed E-state index contributed by atoms with van der Waals surface area (Å²) in [4.78, 5) is 10.4. The number of nitrogens with zero attached hydrogens (tertiary/aromatic N) is 1. The van der Waals surface area contributed by atoms with Gasteiger partial charge in [-0.2, -0.15) is 5.53 Å². The highest BCUT2D eigenvalue weighted by atomic mass is 16.2. The molecule has 0 aliphatic carbocycles. The first-order valence-electron chi connectivity index (χ1n) is 2.46. The molecule has 0 unspecified atom stereocenters. The van der Waals surface area contributed by atoms with E-state index < -0.39 is 0 Å². The van der Waals surface area contributed by atoms with Gasteiger partial charge in [0.25, 0.3) is 0 Å². The van der Waals surface area contributed by atoms with Crippen LogP contribution < -0.4 is 11.4 Å². The third-order valence-corrected chi connectivity index (χ3v) is 0.852. The van der Waals surface area contributed by atoms with E-state index in [1.807, 2.05) is 6.92 Å². The molecule has 0 fully saturated rings. The Morgan fingerprint density at radius 2 is 2.38 bits per heavy atom. The predicted octanol–water partition coefficient (Wildman–Crippen LogP) is -0.767. The Labute approximate surface area is 48.6 Å². The van der Waals surface area contributed by atoms with Crippen LogP contribution in [0.3, 0.4) is 0 Å². The van der Waals surface area contributed by atoms with Gasteiger partial charge in [-0.1, -0.05) is 0 Å². The Kier molecular flexibility index (Phi) is 3.14. The van der Waals surface area contributed by atoms with Gasteiger partial charge in [-0.25, -0.2) is 0 Å². The molecule has 1 amide bonds. The molecule has 3 N–H and O–H groups in total. The van der Waals surface area contributed by atoms with Gasteiger partial charge in [0.1, 0.15) is 0 Å². The van der Waals surface area contributed by atoms with Crippen LogP contribution in [0.25, 0.3) is 0 Å². The molecule has 0 aliphatic rings. The van der Waals surface area contributed by atoms with Crippen molar-refractivity contribution >= 4 is 5.91 Å². The van der Waals surface area contributed by atoms with E-state index in [-0.39, 0.29) is 5.91 Å². The zero-order valence-corrected chi connectivity index (χ0v) is 5.14. The topological polar surface area (TPSA) is 58.4 Å². The highest BCUT2D eigenvalue weighted by Gasteiger charge is 1.99. The summed E-state index contributed by atoms with van der Waals surface area (Å²) in [5.41, 5.74) is 2.23. The molecule has 0 radical (unpaired) electrons. The number of hydrogen-bond donors (Lipinski definition) is 2. The minimum absolute atomic E-state index is 0.0741. The molecule has 0 aromatic rings. The highest BCUT2D eigenvalue weighted by Crippen LogP contribution is 1.76. The quantitative estimate of drug-likeness (QED) is 0.369. The van der Waals surface area contributed by atoms with Crippen molar-refractivity contribution in [1.29, 1.82) is 0 Å². The normalized spacial score (nSPS) is 8.88. The summed E-state index contributed by atoms with van der Waals surface area (Å²) in [6, 6.07) is 0. The van der Waals surface area contributed by atoms with Crippen molar-refractivity contribution in [3.8, 4) is 0 Å². The second kappa shape index (κ2) is 3.40. The monoisotopic (exact) mass is 117 g/mol. The lowest BCUT2D eigenvalue weighted by molar-refractivity contribution is -0.131. The molecule has 0 atom stereocenters. The van der Waals surface area contributed by atoms with E-state index in [4.69, 9.17) is 5.84 Å². The van der Waals surface area contributed by atoms with Crippen molar-refractivity contribution in [2.45, 2.75) is 13.8 Å². The van der Waals surface area contributed by atoms with Gasteiger partial charge in [0.15, 0.2) is 0 Å². The fourth-order valence-electron chi connectivity index (χ4n) is 0.405. The summed E-state index contributed by atoms with van der Waals surface area (Å²) in [5, 5.41) is 1.31. The number of hydrogen-bond acceptors (Lipinski definition) is 3. The van der Waals surface area contributed by atoms with Gasteiger partial charge in [-0.15, -0.1) is 0 Å². The van der Waals surface area contributed by atoms with Crippen LogP contribution >= 0.6 is 0 Å². The van der Waals surface area contributed by atoms with Crippen LogP contribution in [0.2, 0.25) is 0 Å². The molecule has 8 heavy (non-hydrogen) atoms. The fourth-order valence-corrected chi connectivity index (χ4v) is 0.405. The Hall–Kier alpha value is -0.610. The summed E-state index contributed by atoms with van der Waals surface area (Å²) in [6.07, 6.45) is 0. The van der Waals surface area contributed by atoms with Gasteiger partial charge in [0.05, 0.1) is 0 Å². The Morgan fingerprint density at radius 3 is 2.38 bits per heavy atom. The van der Waals surface area contributed by atoms with Crippen molar-refractivity contribution < 1.29 is 4.79 Å². The van der Waals surface area contributed by atoms with Gasteiger partial charge < -0.3 is 0 Å². The minimum atomic E-state index is -0.0741. The van der Waals surface area contributed by atoms with Crippen LogP contribution in [0.4, 0.5) is 0 Å². The number of nitrogens with two attached hydrogens (primary N) is 1. The fraction of sp³-hybridized carbons (Fsp3) is 0.750. The zero-order valence-electron chi connectivity index (χ0n) is 5.14. The third-order valence-electron chi connectivity index (χ3n) is 0.852. The molecule has 0 aromatic heterocycles. The van der Waals surface area contributed by atoms with Crippen LogP contribution in [-0.4, -0.2) is 17.5 Å². The lowest BCUT2D eigenvalue weighted by Crippen LogP contribution is -2.45. The third kappa shape index (κ3) is 1.90. The Bertz CT molecular complexity index is 79.4. The number of carbonyl (C=O) groups excluding carboxylic acids is 1. The number of rotatable bonds is 2. The van der Waals surface area contributed by atoms with E-state index in [0.29, 0.717) is 6.54 Å². The lowest BCUT2D eigenvalue weighted by Gasteiger charge is -2.15. The van der Waals surface area contributed by atoms with Crippen molar-refractivity contribution in [1.82, 2.24) is 10.5 Å². The largest absolute Gasteiger partial charge is 0.274 e. The molecule has 48 valence electrons. The molecule has 4 nitrogen and oxygen atoms in total. The predicted molar refractivity (Wildman–Crippen MR) is 30.4 cm³/mol. The summed E-state index contributed by atoms with van der Waals surface area (Å²) in [5.74, 6) is 4.87. The molecule has 4 heteroatoms. The van der Waals surface area contributed by atoms with Crippen molar-refractivity contribution in [2.24, 2.45) is 5.84 Å². The number of amides is 1. The first-order valence-corrected chi connectivity index (χ1v) is 2.46. The van der Waals surface area contributed by atoms with E-state index >= 15 is 0 Å². The molecule has 0 aliphatic heterocycles. The van der Waals surface area contributed by atoms with Gasteiger partial charge in [0.2, 0.25) is 5.91 Å². The van der Waals surface area contributed by atoms with Gasteiger partial charge in [-0.05, 0) is 6.92 Å². The summed E-state index contributed by atoms with van der Waals surface area (Å²) in [6.45, 7) is 3.87. The highest BCUT2D eigenvalue weighted by molar-refractivity contribution is 5.72. The van der Waals surface area contributed by atoms with Crippen molar-refractivity contribution in [3.05, 3.63) is 0 Å². The van der Waals surface area contributed by atoms with Crippen molar-refractivity contribution in [3.63, 3.8) is 0 Å². The van der Waals surface area contributed by atoms with E-state index in [1.54, 1.807) is 0 Å². The average Bonchev–Trinajstić information content (AvgIpc) is 1.69. The zero-order chi connectivity index (χ0) is 6.57. The lowest BCUT2D eigenvalue weighted by atomic mass is 10.6. The van der Waals surface area contributed by atoms with Crippen LogP contribution in [-0.2, 0) is 4.79 Å². The molecule has 0 spiro atoms. The average molecular weight is 117 g/mol. The van der Waals surface area contributed by atoms with E-state index in [0.717, 1.165) is 0 Å². The van der Waals surface area contributed by atoms with E-state index in [9.17, 15) is 4.79 Å². The Morgan fingerprint density at radius 1 is 1.88 bits per heavy atom. The molecule has 0 rings (SSSR count). The summed E-state index contributed by atoms with van der Waals surface area (Å²) in [7, 11) is 0. The van der Waals surface area contributed by atoms with Crippen LogP contribution in [0.1, 0.15) is 13.8 Å². The second-order valence-electron chi connectivity index (χ2n) is 1.39. The van der Waals surface area contributed by atoms with Gasteiger partial charge in [-0.3, -0.25) is 15.6 Å². The van der Waals surface area contributed by atoms with Gasteiger partial charge in [0, 0.05) is 13.5 Å². The molecule has 0 saturated heterocycles. The first-order chi connectivity index (χ1) is 3.72. The summed E-state index contributed by atoms with van der Waals surface area (Å²) >= 11 is 0. The molecule has 0 saturated carbocycles.